The van der Waals surface area contributed by atoms with Crippen molar-refractivity contribution in [3.05, 3.63) is 0 Å². The molecular weight excluding hydrogens is 76.1 g/mol. The van der Waals surface area contributed by atoms with Crippen molar-refractivity contribution in [3.8, 4) is 0 Å². The van der Waals surface area contributed by atoms with Crippen LogP contribution in [0.1, 0.15) is 6.92 Å². The van der Waals surface area contributed by atoms with E-state index in [1.54, 1.807) is 7.05 Å². The minimum atomic E-state index is 0.231. The van der Waals surface area contributed by atoms with E-state index in [1.165, 1.54) is 0 Å². The van der Waals surface area contributed by atoms with Gasteiger partial charge in [-0.15, -0.1) is 0 Å². The Morgan fingerprint density at radius 3 is 2.33 bits per heavy atom. The van der Waals surface area contributed by atoms with Gasteiger partial charge in [0.15, 0.2) is 0 Å². The highest BCUT2D eigenvalue weighted by Crippen LogP contribution is 1.65. The first-order valence-corrected chi connectivity index (χ1v) is 2.08. The van der Waals surface area contributed by atoms with Crippen LogP contribution in [-0.4, -0.2) is 19.6 Å². The SMILES string of the molecule is C[N]CC(C)N. The standard InChI is InChI=1S/C4H11N2/c1-4(5)3-6-2/h4H,3,5H2,1-2H3. The first-order valence-electron chi connectivity index (χ1n) is 2.08. The van der Waals surface area contributed by atoms with Crippen molar-refractivity contribution in [2.24, 2.45) is 5.73 Å². The van der Waals surface area contributed by atoms with Crippen molar-refractivity contribution in [1.29, 1.82) is 0 Å². The fourth-order valence-electron chi connectivity index (χ4n) is 0.288. The predicted octanol–water partition coefficient (Wildman–Crippen LogP) is -0.432. The lowest BCUT2D eigenvalue weighted by Crippen LogP contribution is -2.24. The zero-order chi connectivity index (χ0) is 4.99. The number of hydrogen-bond acceptors (Lipinski definition) is 1. The third-order valence-corrected chi connectivity index (χ3v) is 0.471. The molecule has 0 amide bonds. The maximum atomic E-state index is 5.31. The lowest BCUT2D eigenvalue weighted by Gasteiger charge is -1.97. The molecule has 37 valence electrons. The average molecular weight is 87.1 g/mol. The normalized spacial score (nSPS) is 14.5. The van der Waals surface area contributed by atoms with Gasteiger partial charge in [-0.25, -0.2) is 5.32 Å². The fourth-order valence-corrected chi connectivity index (χ4v) is 0.288. The average Bonchev–Trinajstić information content (AvgIpc) is 1.35. The summed E-state index contributed by atoms with van der Waals surface area (Å²) in [5, 5.41) is 3.81. The second kappa shape index (κ2) is 3.12. The Morgan fingerprint density at radius 1 is 1.83 bits per heavy atom. The van der Waals surface area contributed by atoms with Gasteiger partial charge in [-0.2, -0.15) is 0 Å². The second-order valence-corrected chi connectivity index (χ2v) is 1.48. The number of hydrogen-bond donors (Lipinski definition) is 1. The predicted molar refractivity (Wildman–Crippen MR) is 26.6 cm³/mol. The molecule has 0 fully saturated rings. The molecule has 0 rings (SSSR count). The number of nitrogens with two attached hydrogens (primary N) is 1. The molecule has 0 heterocycles. The minimum Gasteiger partial charge on any atom is -0.327 e. The van der Waals surface area contributed by atoms with Crippen LogP contribution in [0.2, 0.25) is 0 Å². The molecule has 0 saturated carbocycles. The molecule has 0 aromatic rings. The van der Waals surface area contributed by atoms with E-state index in [0.717, 1.165) is 6.54 Å². The summed E-state index contributed by atoms with van der Waals surface area (Å²) in [5.74, 6) is 0. The van der Waals surface area contributed by atoms with Gasteiger partial charge in [-0.05, 0) is 6.92 Å². The van der Waals surface area contributed by atoms with E-state index in [1.807, 2.05) is 6.92 Å². The van der Waals surface area contributed by atoms with Crippen molar-refractivity contribution in [1.82, 2.24) is 5.32 Å². The van der Waals surface area contributed by atoms with Crippen LogP contribution in [0.3, 0.4) is 0 Å². The van der Waals surface area contributed by atoms with Gasteiger partial charge >= 0.3 is 0 Å². The van der Waals surface area contributed by atoms with Gasteiger partial charge in [0.1, 0.15) is 0 Å². The Kier molecular flexibility index (Phi) is 3.08. The molecular formula is C4H11N2. The molecule has 0 saturated heterocycles. The zero-order valence-electron chi connectivity index (χ0n) is 4.31. The van der Waals surface area contributed by atoms with Gasteiger partial charge in [-0.3, -0.25) is 0 Å². The fraction of sp³-hybridized carbons (Fsp3) is 1.00. The molecule has 1 radical (unpaired) electrons. The van der Waals surface area contributed by atoms with Crippen LogP contribution in [0.15, 0.2) is 0 Å². The zero-order valence-corrected chi connectivity index (χ0v) is 4.31. The summed E-state index contributed by atoms with van der Waals surface area (Å²) in [4.78, 5) is 0. The van der Waals surface area contributed by atoms with Gasteiger partial charge < -0.3 is 5.73 Å². The van der Waals surface area contributed by atoms with E-state index >= 15 is 0 Å². The van der Waals surface area contributed by atoms with Crippen LogP contribution in [0.4, 0.5) is 0 Å². The van der Waals surface area contributed by atoms with Gasteiger partial charge in [-0.1, -0.05) is 0 Å². The molecule has 2 nitrogen and oxygen atoms in total. The first-order chi connectivity index (χ1) is 2.77. The first kappa shape index (κ1) is 5.92. The molecule has 2 N–H and O–H groups in total. The van der Waals surface area contributed by atoms with E-state index in [9.17, 15) is 0 Å². The van der Waals surface area contributed by atoms with E-state index < -0.39 is 0 Å². The quantitative estimate of drug-likeness (QED) is 0.487. The molecule has 0 aliphatic heterocycles. The Labute approximate surface area is 38.7 Å². The molecule has 0 spiro atoms. The molecule has 6 heavy (non-hydrogen) atoms. The lowest BCUT2D eigenvalue weighted by molar-refractivity contribution is 0.657. The Balaban J connectivity index is 2.63. The van der Waals surface area contributed by atoms with Crippen molar-refractivity contribution in [3.63, 3.8) is 0 Å². The smallest absolute Gasteiger partial charge is 0.0279 e. The van der Waals surface area contributed by atoms with Crippen LogP contribution in [-0.2, 0) is 0 Å². The summed E-state index contributed by atoms with van der Waals surface area (Å²) in [6, 6.07) is 0.231. The third-order valence-electron chi connectivity index (χ3n) is 0.471. The van der Waals surface area contributed by atoms with Crippen LogP contribution in [0.25, 0.3) is 0 Å². The molecule has 0 aromatic carbocycles. The van der Waals surface area contributed by atoms with Gasteiger partial charge in [0, 0.05) is 19.6 Å². The van der Waals surface area contributed by atoms with Crippen LogP contribution >= 0.6 is 0 Å². The maximum absolute atomic E-state index is 5.31. The molecule has 2 heteroatoms. The molecule has 0 bridgehead atoms. The van der Waals surface area contributed by atoms with Crippen LogP contribution in [0.5, 0.6) is 0 Å². The third kappa shape index (κ3) is 3.92. The summed E-state index contributed by atoms with van der Waals surface area (Å²) in [6.07, 6.45) is 0. The van der Waals surface area contributed by atoms with Crippen molar-refractivity contribution in [2.75, 3.05) is 13.6 Å². The summed E-state index contributed by atoms with van der Waals surface area (Å²) >= 11 is 0. The van der Waals surface area contributed by atoms with Crippen LogP contribution in [0, 0.1) is 0 Å². The van der Waals surface area contributed by atoms with Crippen molar-refractivity contribution in [2.45, 2.75) is 13.0 Å². The summed E-state index contributed by atoms with van der Waals surface area (Å²) in [7, 11) is 1.77. The molecule has 0 aromatic heterocycles. The maximum Gasteiger partial charge on any atom is 0.0279 e. The van der Waals surface area contributed by atoms with Crippen molar-refractivity contribution >= 4 is 0 Å². The summed E-state index contributed by atoms with van der Waals surface area (Å²) in [6.45, 7) is 2.72. The number of likely N-dealkylation sites (N-methyl/N-ethyl adjacent to an activating group) is 1. The molecule has 1 unspecified atom stereocenters. The Bertz CT molecular complexity index is 26.7. The second-order valence-electron chi connectivity index (χ2n) is 1.48. The highest BCUT2D eigenvalue weighted by molar-refractivity contribution is 4.51. The highest BCUT2D eigenvalue weighted by Gasteiger charge is 1.85. The highest BCUT2D eigenvalue weighted by atomic mass is 14.8. The van der Waals surface area contributed by atoms with Gasteiger partial charge in [0.05, 0.1) is 0 Å². The number of rotatable bonds is 2. The summed E-state index contributed by atoms with van der Waals surface area (Å²) < 4.78 is 0. The van der Waals surface area contributed by atoms with Gasteiger partial charge in [0.25, 0.3) is 0 Å². The number of nitrogens with zero attached hydrogens (tertiary/aromatic N) is 1. The summed E-state index contributed by atoms with van der Waals surface area (Å²) in [5.41, 5.74) is 5.31. The van der Waals surface area contributed by atoms with E-state index in [-0.39, 0.29) is 6.04 Å². The van der Waals surface area contributed by atoms with E-state index in [2.05, 4.69) is 5.32 Å². The van der Waals surface area contributed by atoms with E-state index in [0.29, 0.717) is 0 Å². The topological polar surface area (TPSA) is 40.1 Å². The van der Waals surface area contributed by atoms with E-state index in [4.69, 9.17) is 5.73 Å². The monoisotopic (exact) mass is 87.1 g/mol. The lowest BCUT2D eigenvalue weighted by atomic mass is 10.4. The molecule has 0 aliphatic carbocycles. The van der Waals surface area contributed by atoms with Crippen LogP contribution < -0.4 is 11.1 Å². The van der Waals surface area contributed by atoms with Crippen molar-refractivity contribution < 1.29 is 0 Å². The largest absolute Gasteiger partial charge is 0.327 e. The van der Waals surface area contributed by atoms with Gasteiger partial charge in [0.2, 0.25) is 0 Å². The minimum absolute atomic E-state index is 0.231. The Hall–Kier alpha value is -0.0800. The molecule has 1 atom stereocenters. The Morgan fingerprint density at radius 2 is 2.33 bits per heavy atom. The molecule has 0 aliphatic rings.